The number of sulfonamides is 1. The quantitative estimate of drug-likeness (QED) is 0.504. The van der Waals surface area contributed by atoms with Gasteiger partial charge in [0.1, 0.15) is 11.5 Å². The van der Waals surface area contributed by atoms with Gasteiger partial charge in [-0.15, -0.1) is 0 Å². The number of carbonyl (C=O) groups is 1. The molecule has 2 N–H and O–H groups in total. The third-order valence-corrected chi connectivity index (χ3v) is 6.70. The number of aromatic hydroxyl groups is 1. The van der Waals surface area contributed by atoms with E-state index in [0.717, 1.165) is 25.7 Å². The SMILES string of the molecule is CCCCOc1ccc(C(=O)Nc2cc(S(=O)(=O)N3CCCC3)ccc2O)cc1. The number of hydrogen-bond acceptors (Lipinski definition) is 5. The van der Waals surface area contributed by atoms with E-state index in [9.17, 15) is 18.3 Å². The topological polar surface area (TPSA) is 95.9 Å². The first-order chi connectivity index (χ1) is 13.9. The molecular formula is C21H26N2O5S. The zero-order valence-corrected chi connectivity index (χ0v) is 17.2. The van der Waals surface area contributed by atoms with Crippen molar-refractivity contribution in [3.8, 4) is 11.5 Å². The number of rotatable bonds is 8. The molecule has 7 nitrogen and oxygen atoms in total. The van der Waals surface area contributed by atoms with Crippen LogP contribution >= 0.6 is 0 Å². The van der Waals surface area contributed by atoms with Gasteiger partial charge in [-0.3, -0.25) is 4.79 Å². The molecule has 1 aliphatic heterocycles. The molecule has 1 fully saturated rings. The maximum atomic E-state index is 12.7. The number of ether oxygens (including phenoxy) is 1. The van der Waals surface area contributed by atoms with Crippen LogP contribution in [0.25, 0.3) is 0 Å². The second-order valence-corrected chi connectivity index (χ2v) is 8.91. The van der Waals surface area contributed by atoms with Gasteiger partial charge in [0, 0.05) is 18.7 Å². The third kappa shape index (κ3) is 5.07. The van der Waals surface area contributed by atoms with Crippen LogP contribution < -0.4 is 10.1 Å². The van der Waals surface area contributed by atoms with E-state index in [2.05, 4.69) is 12.2 Å². The molecule has 0 aromatic heterocycles. The fourth-order valence-electron chi connectivity index (χ4n) is 3.08. The van der Waals surface area contributed by atoms with E-state index in [0.29, 0.717) is 31.0 Å². The number of benzene rings is 2. The molecule has 3 rings (SSSR count). The van der Waals surface area contributed by atoms with Gasteiger partial charge in [-0.25, -0.2) is 8.42 Å². The summed E-state index contributed by atoms with van der Waals surface area (Å²) < 4.78 is 32.4. The Kier molecular flexibility index (Phi) is 6.76. The number of unbranched alkanes of at least 4 members (excludes halogenated alkanes) is 1. The van der Waals surface area contributed by atoms with Gasteiger partial charge >= 0.3 is 0 Å². The number of nitrogens with one attached hydrogen (secondary N) is 1. The van der Waals surface area contributed by atoms with Crippen molar-refractivity contribution in [2.24, 2.45) is 0 Å². The van der Waals surface area contributed by atoms with Gasteiger partial charge in [0.2, 0.25) is 10.0 Å². The van der Waals surface area contributed by atoms with Crippen molar-refractivity contribution in [3.05, 3.63) is 48.0 Å². The monoisotopic (exact) mass is 418 g/mol. The standard InChI is InChI=1S/C21H26N2O5S/c1-2-3-14-28-17-8-6-16(7-9-17)21(25)22-19-15-18(10-11-20(19)24)29(26,27)23-12-4-5-13-23/h6-11,15,24H,2-5,12-14H2,1H3,(H,22,25). The van der Waals surface area contributed by atoms with Gasteiger partial charge in [-0.2, -0.15) is 4.31 Å². The minimum absolute atomic E-state index is 0.0483. The molecule has 1 amide bonds. The summed E-state index contributed by atoms with van der Waals surface area (Å²) in [5, 5.41) is 12.7. The zero-order valence-electron chi connectivity index (χ0n) is 16.4. The summed E-state index contributed by atoms with van der Waals surface area (Å²) in [7, 11) is -3.64. The molecule has 8 heteroatoms. The lowest BCUT2D eigenvalue weighted by Gasteiger charge is -2.16. The molecule has 156 valence electrons. The number of phenolic OH excluding ortho intramolecular Hbond substituents is 1. The first-order valence-corrected chi connectivity index (χ1v) is 11.2. The van der Waals surface area contributed by atoms with Gasteiger partial charge < -0.3 is 15.2 Å². The zero-order chi connectivity index (χ0) is 20.9. The van der Waals surface area contributed by atoms with Crippen LogP contribution in [0.3, 0.4) is 0 Å². The van der Waals surface area contributed by atoms with Crippen molar-refractivity contribution >= 4 is 21.6 Å². The van der Waals surface area contributed by atoms with Crippen LogP contribution in [0.5, 0.6) is 11.5 Å². The Morgan fingerprint density at radius 2 is 1.83 bits per heavy atom. The van der Waals surface area contributed by atoms with Crippen molar-refractivity contribution in [2.75, 3.05) is 25.0 Å². The molecule has 0 unspecified atom stereocenters. The van der Waals surface area contributed by atoms with Crippen LogP contribution in [0.2, 0.25) is 0 Å². The van der Waals surface area contributed by atoms with Gasteiger partial charge in [-0.05, 0) is 61.7 Å². The summed E-state index contributed by atoms with van der Waals surface area (Å²) in [6, 6.07) is 10.6. The van der Waals surface area contributed by atoms with Crippen LogP contribution in [0.1, 0.15) is 43.0 Å². The first kappa shape index (κ1) is 21.1. The lowest BCUT2D eigenvalue weighted by atomic mass is 10.2. The van der Waals surface area contributed by atoms with Gasteiger partial charge in [-0.1, -0.05) is 13.3 Å². The largest absolute Gasteiger partial charge is 0.506 e. The summed E-state index contributed by atoms with van der Waals surface area (Å²) in [4.78, 5) is 12.6. The summed E-state index contributed by atoms with van der Waals surface area (Å²) in [6.45, 7) is 3.67. The van der Waals surface area contributed by atoms with E-state index in [1.54, 1.807) is 24.3 Å². The van der Waals surface area contributed by atoms with Crippen molar-refractivity contribution in [1.82, 2.24) is 4.31 Å². The predicted molar refractivity (Wildman–Crippen MR) is 111 cm³/mol. The van der Waals surface area contributed by atoms with Crippen LogP contribution in [0, 0.1) is 0 Å². The summed E-state index contributed by atoms with van der Waals surface area (Å²) >= 11 is 0. The predicted octanol–water partition coefficient (Wildman–Crippen LogP) is 3.61. The molecule has 0 atom stereocenters. The third-order valence-electron chi connectivity index (χ3n) is 4.80. The van der Waals surface area contributed by atoms with Crippen LogP contribution in [0.4, 0.5) is 5.69 Å². The minimum Gasteiger partial charge on any atom is -0.506 e. The van der Waals surface area contributed by atoms with E-state index in [-0.39, 0.29) is 16.3 Å². The maximum absolute atomic E-state index is 12.7. The Hall–Kier alpha value is -2.58. The molecule has 0 aliphatic carbocycles. The van der Waals surface area contributed by atoms with Crippen molar-refractivity contribution < 1.29 is 23.1 Å². The molecule has 0 radical (unpaired) electrons. The highest BCUT2D eigenvalue weighted by Crippen LogP contribution is 2.29. The fourth-order valence-corrected chi connectivity index (χ4v) is 4.63. The molecule has 1 heterocycles. The number of amides is 1. The van der Waals surface area contributed by atoms with E-state index in [1.165, 1.54) is 22.5 Å². The van der Waals surface area contributed by atoms with E-state index in [1.807, 2.05) is 0 Å². The Morgan fingerprint density at radius 3 is 2.48 bits per heavy atom. The molecule has 29 heavy (non-hydrogen) atoms. The second kappa shape index (κ2) is 9.28. The fraction of sp³-hybridized carbons (Fsp3) is 0.381. The molecule has 1 aliphatic rings. The second-order valence-electron chi connectivity index (χ2n) is 6.97. The molecule has 0 spiro atoms. The lowest BCUT2D eigenvalue weighted by Crippen LogP contribution is -2.28. The molecule has 2 aromatic rings. The number of phenols is 1. The van der Waals surface area contributed by atoms with Gasteiger partial charge in [0.25, 0.3) is 5.91 Å². The maximum Gasteiger partial charge on any atom is 0.255 e. The van der Waals surface area contributed by atoms with E-state index in [4.69, 9.17) is 4.74 Å². The van der Waals surface area contributed by atoms with Crippen molar-refractivity contribution in [2.45, 2.75) is 37.5 Å². The molecule has 1 saturated heterocycles. The number of anilines is 1. The average Bonchev–Trinajstić information content (AvgIpc) is 3.26. The lowest BCUT2D eigenvalue weighted by molar-refractivity contribution is 0.102. The summed E-state index contributed by atoms with van der Waals surface area (Å²) in [6.07, 6.45) is 3.66. The van der Waals surface area contributed by atoms with Crippen LogP contribution in [-0.2, 0) is 10.0 Å². The van der Waals surface area contributed by atoms with Crippen LogP contribution in [-0.4, -0.2) is 43.4 Å². The van der Waals surface area contributed by atoms with E-state index >= 15 is 0 Å². The minimum atomic E-state index is -3.64. The first-order valence-electron chi connectivity index (χ1n) is 9.79. The number of nitrogens with zero attached hydrogens (tertiary/aromatic N) is 1. The summed E-state index contributed by atoms with van der Waals surface area (Å²) in [5.74, 6) is 0.0333. The highest BCUT2D eigenvalue weighted by molar-refractivity contribution is 7.89. The molecule has 0 saturated carbocycles. The highest BCUT2D eigenvalue weighted by atomic mass is 32.2. The number of carbonyl (C=O) groups excluding carboxylic acids is 1. The Balaban J connectivity index is 1.73. The van der Waals surface area contributed by atoms with Crippen molar-refractivity contribution in [3.63, 3.8) is 0 Å². The normalized spacial score (nSPS) is 14.7. The molecule has 2 aromatic carbocycles. The van der Waals surface area contributed by atoms with Gasteiger partial charge in [0.05, 0.1) is 17.2 Å². The smallest absolute Gasteiger partial charge is 0.255 e. The molecular weight excluding hydrogens is 392 g/mol. The highest BCUT2D eigenvalue weighted by Gasteiger charge is 2.28. The van der Waals surface area contributed by atoms with Crippen molar-refractivity contribution in [1.29, 1.82) is 0 Å². The van der Waals surface area contributed by atoms with Crippen LogP contribution in [0.15, 0.2) is 47.4 Å². The average molecular weight is 419 g/mol. The Morgan fingerprint density at radius 1 is 1.14 bits per heavy atom. The Bertz CT molecular complexity index is 952. The Labute approximate surface area is 171 Å². The molecule has 0 bridgehead atoms. The van der Waals surface area contributed by atoms with E-state index < -0.39 is 15.9 Å². The van der Waals surface area contributed by atoms with Gasteiger partial charge in [0.15, 0.2) is 0 Å². The summed E-state index contributed by atoms with van der Waals surface area (Å²) in [5.41, 5.74) is 0.429. The number of hydrogen-bond donors (Lipinski definition) is 2.